The third-order valence-corrected chi connectivity index (χ3v) is 5.14. The number of amides is 1. The first-order chi connectivity index (χ1) is 14.3. The van der Waals surface area contributed by atoms with E-state index in [-0.39, 0.29) is 5.91 Å². The Morgan fingerprint density at radius 1 is 1.00 bits per heavy atom. The summed E-state index contributed by atoms with van der Waals surface area (Å²) in [4.78, 5) is 30.7. The number of piperazine rings is 1. The molecule has 4 heterocycles. The minimum atomic E-state index is 0.0157. The molecule has 1 fully saturated rings. The number of carbonyl (C=O) groups is 1. The van der Waals surface area contributed by atoms with Gasteiger partial charge in [-0.15, -0.1) is 0 Å². The first kappa shape index (κ1) is 17.3. The Morgan fingerprint density at radius 2 is 1.79 bits per heavy atom. The van der Waals surface area contributed by atoms with Crippen molar-refractivity contribution in [2.24, 2.45) is 0 Å². The van der Waals surface area contributed by atoms with Gasteiger partial charge in [0.05, 0.1) is 23.0 Å². The molecule has 1 N–H and O–H groups in total. The monoisotopic (exact) mass is 385 g/mol. The highest BCUT2D eigenvalue weighted by molar-refractivity contribution is 6.07. The minimum absolute atomic E-state index is 0.0157. The number of pyridine rings is 1. The molecule has 0 spiro atoms. The molecule has 29 heavy (non-hydrogen) atoms. The van der Waals surface area contributed by atoms with Crippen LogP contribution in [-0.4, -0.2) is 62.1 Å². The van der Waals surface area contributed by atoms with Crippen LogP contribution in [0.3, 0.4) is 0 Å². The van der Waals surface area contributed by atoms with Crippen LogP contribution >= 0.6 is 0 Å². The summed E-state index contributed by atoms with van der Waals surface area (Å²) in [5.74, 6) is 0.721. The van der Waals surface area contributed by atoms with Crippen LogP contribution in [0.1, 0.15) is 10.4 Å². The quantitative estimate of drug-likeness (QED) is 0.582. The van der Waals surface area contributed by atoms with Gasteiger partial charge in [-0.3, -0.25) is 9.89 Å². The molecular weight excluding hydrogens is 366 g/mol. The van der Waals surface area contributed by atoms with E-state index in [1.54, 1.807) is 30.9 Å². The number of anilines is 1. The molecule has 1 amide bonds. The van der Waals surface area contributed by atoms with Gasteiger partial charge in [-0.25, -0.2) is 15.0 Å². The lowest BCUT2D eigenvalue weighted by molar-refractivity contribution is 0.0748. The van der Waals surface area contributed by atoms with E-state index in [4.69, 9.17) is 4.98 Å². The average molecular weight is 385 g/mol. The van der Waals surface area contributed by atoms with Gasteiger partial charge in [-0.2, -0.15) is 5.10 Å². The summed E-state index contributed by atoms with van der Waals surface area (Å²) in [7, 11) is 0. The summed E-state index contributed by atoms with van der Waals surface area (Å²) in [6.07, 6.45) is 6.97. The van der Waals surface area contributed by atoms with Crippen LogP contribution < -0.4 is 4.90 Å². The zero-order valence-electron chi connectivity index (χ0n) is 15.7. The molecule has 1 aromatic carbocycles. The standard InChI is InChI=1S/C21H19N7O/c29-20(27-8-10-28(11-9-27)21-22-6-3-7-23-21)17-12-19(15-13-24-25-14-15)26-18-5-2-1-4-16(17)18/h1-7,12-14H,8-11H2,(H,24,25). The third kappa shape index (κ3) is 3.29. The van der Waals surface area contributed by atoms with Gasteiger partial charge in [0.1, 0.15) is 0 Å². The van der Waals surface area contributed by atoms with Gasteiger partial charge < -0.3 is 9.80 Å². The maximum Gasteiger partial charge on any atom is 0.254 e. The Morgan fingerprint density at radius 3 is 2.55 bits per heavy atom. The van der Waals surface area contributed by atoms with Crippen LogP contribution in [0.4, 0.5) is 5.95 Å². The van der Waals surface area contributed by atoms with Crippen molar-refractivity contribution in [1.82, 2.24) is 30.0 Å². The number of aromatic amines is 1. The minimum Gasteiger partial charge on any atom is -0.337 e. The van der Waals surface area contributed by atoms with Gasteiger partial charge in [0.15, 0.2) is 0 Å². The number of rotatable bonds is 3. The Hall–Kier alpha value is -3.81. The zero-order chi connectivity index (χ0) is 19.6. The van der Waals surface area contributed by atoms with Crippen LogP contribution in [-0.2, 0) is 0 Å². The topological polar surface area (TPSA) is 90.9 Å². The molecule has 4 aromatic rings. The van der Waals surface area contributed by atoms with Crippen LogP contribution in [0, 0.1) is 0 Å². The lowest BCUT2D eigenvalue weighted by Crippen LogP contribution is -2.49. The second kappa shape index (κ2) is 7.31. The van der Waals surface area contributed by atoms with E-state index in [9.17, 15) is 4.79 Å². The summed E-state index contributed by atoms with van der Waals surface area (Å²) in [5, 5.41) is 7.67. The Kier molecular flexibility index (Phi) is 4.36. The van der Waals surface area contributed by atoms with Crippen molar-refractivity contribution < 1.29 is 4.79 Å². The maximum atomic E-state index is 13.4. The van der Waals surface area contributed by atoms with Gasteiger partial charge in [0, 0.05) is 55.7 Å². The van der Waals surface area contributed by atoms with E-state index in [0.717, 1.165) is 22.2 Å². The van der Waals surface area contributed by atoms with Crippen molar-refractivity contribution in [3.05, 3.63) is 66.7 Å². The lowest BCUT2D eigenvalue weighted by Gasteiger charge is -2.34. The Balaban J connectivity index is 1.44. The molecule has 1 saturated heterocycles. The smallest absolute Gasteiger partial charge is 0.254 e. The number of hydrogen-bond donors (Lipinski definition) is 1. The molecule has 3 aromatic heterocycles. The maximum absolute atomic E-state index is 13.4. The molecule has 0 radical (unpaired) electrons. The second-order valence-electron chi connectivity index (χ2n) is 6.89. The fourth-order valence-electron chi connectivity index (χ4n) is 3.63. The van der Waals surface area contributed by atoms with E-state index < -0.39 is 0 Å². The number of benzene rings is 1. The molecule has 0 atom stereocenters. The van der Waals surface area contributed by atoms with E-state index >= 15 is 0 Å². The second-order valence-corrected chi connectivity index (χ2v) is 6.89. The van der Waals surface area contributed by atoms with Gasteiger partial charge >= 0.3 is 0 Å². The van der Waals surface area contributed by atoms with E-state index in [2.05, 4.69) is 25.1 Å². The molecule has 1 aliphatic rings. The summed E-state index contributed by atoms with van der Waals surface area (Å²) in [5.41, 5.74) is 3.05. The number of carbonyl (C=O) groups excluding carboxylic acids is 1. The van der Waals surface area contributed by atoms with E-state index in [0.29, 0.717) is 37.7 Å². The number of aromatic nitrogens is 5. The normalized spacial score (nSPS) is 14.3. The van der Waals surface area contributed by atoms with Crippen LogP contribution in [0.15, 0.2) is 61.2 Å². The fraction of sp³-hybridized carbons (Fsp3) is 0.190. The van der Waals surface area contributed by atoms with Crippen LogP contribution in [0.25, 0.3) is 22.2 Å². The van der Waals surface area contributed by atoms with E-state index in [1.807, 2.05) is 35.2 Å². The molecule has 8 heteroatoms. The van der Waals surface area contributed by atoms with Crippen molar-refractivity contribution in [3.63, 3.8) is 0 Å². The predicted molar refractivity (Wildman–Crippen MR) is 109 cm³/mol. The van der Waals surface area contributed by atoms with Crippen molar-refractivity contribution in [3.8, 4) is 11.3 Å². The zero-order valence-corrected chi connectivity index (χ0v) is 15.7. The third-order valence-electron chi connectivity index (χ3n) is 5.14. The van der Waals surface area contributed by atoms with E-state index in [1.165, 1.54) is 0 Å². The van der Waals surface area contributed by atoms with Gasteiger partial charge in [-0.05, 0) is 18.2 Å². The molecule has 0 saturated carbocycles. The van der Waals surface area contributed by atoms with Gasteiger partial charge in [0.25, 0.3) is 5.91 Å². The molecule has 144 valence electrons. The molecule has 8 nitrogen and oxygen atoms in total. The summed E-state index contributed by atoms with van der Waals surface area (Å²) in [6.45, 7) is 2.64. The lowest BCUT2D eigenvalue weighted by atomic mass is 10.0. The number of para-hydroxylation sites is 1. The Labute approximate surface area is 167 Å². The molecular formula is C21H19N7O. The van der Waals surface area contributed by atoms with Crippen molar-refractivity contribution >= 4 is 22.8 Å². The number of fused-ring (bicyclic) bond motifs is 1. The first-order valence-electron chi connectivity index (χ1n) is 9.50. The van der Waals surface area contributed by atoms with Crippen molar-refractivity contribution in [2.75, 3.05) is 31.1 Å². The highest BCUT2D eigenvalue weighted by atomic mass is 16.2. The van der Waals surface area contributed by atoms with Crippen molar-refractivity contribution in [2.45, 2.75) is 0 Å². The summed E-state index contributed by atoms with van der Waals surface area (Å²) in [6, 6.07) is 11.4. The molecule has 5 rings (SSSR count). The predicted octanol–water partition coefficient (Wildman–Crippen LogP) is 2.38. The average Bonchev–Trinajstić information content (AvgIpc) is 3.34. The van der Waals surface area contributed by atoms with Gasteiger partial charge in [-0.1, -0.05) is 18.2 Å². The molecule has 0 aliphatic carbocycles. The largest absolute Gasteiger partial charge is 0.337 e. The number of H-pyrrole nitrogens is 1. The highest BCUT2D eigenvalue weighted by Crippen LogP contribution is 2.25. The molecule has 0 bridgehead atoms. The van der Waals surface area contributed by atoms with Gasteiger partial charge in [0.2, 0.25) is 5.95 Å². The number of nitrogens with zero attached hydrogens (tertiary/aromatic N) is 6. The Bertz CT molecular complexity index is 1140. The molecule has 1 aliphatic heterocycles. The first-order valence-corrected chi connectivity index (χ1v) is 9.50. The van der Waals surface area contributed by atoms with Crippen LogP contribution in [0.2, 0.25) is 0 Å². The fourth-order valence-corrected chi connectivity index (χ4v) is 3.63. The number of hydrogen-bond acceptors (Lipinski definition) is 6. The van der Waals surface area contributed by atoms with Crippen LogP contribution in [0.5, 0.6) is 0 Å². The highest BCUT2D eigenvalue weighted by Gasteiger charge is 2.25. The van der Waals surface area contributed by atoms with Crippen molar-refractivity contribution in [1.29, 1.82) is 0 Å². The summed E-state index contributed by atoms with van der Waals surface area (Å²) >= 11 is 0. The number of nitrogens with one attached hydrogen (secondary N) is 1. The molecule has 0 unspecified atom stereocenters. The summed E-state index contributed by atoms with van der Waals surface area (Å²) < 4.78 is 0. The SMILES string of the molecule is O=C(c1cc(-c2cn[nH]c2)nc2ccccc12)N1CCN(c2ncccn2)CC1.